The lowest BCUT2D eigenvalue weighted by atomic mass is 10.1. The number of nitrogens with zero attached hydrogens (tertiary/aromatic N) is 2. The van der Waals surface area contributed by atoms with Crippen molar-refractivity contribution in [2.24, 2.45) is 0 Å². The van der Waals surface area contributed by atoms with Crippen molar-refractivity contribution >= 4 is 0 Å². The van der Waals surface area contributed by atoms with Crippen LogP contribution in [0, 0.1) is 0 Å². The summed E-state index contributed by atoms with van der Waals surface area (Å²) in [6.07, 6.45) is 4.49. The van der Waals surface area contributed by atoms with Crippen molar-refractivity contribution in [2.45, 2.75) is 32.5 Å². The predicted octanol–water partition coefficient (Wildman–Crippen LogP) is 2.10. The van der Waals surface area contributed by atoms with Crippen LogP contribution in [0.2, 0.25) is 0 Å². The molecule has 1 aliphatic rings. The molecule has 2 heterocycles. The summed E-state index contributed by atoms with van der Waals surface area (Å²) in [5, 5.41) is 3.37. The summed E-state index contributed by atoms with van der Waals surface area (Å²) >= 11 is 0. The van der Waals surface area contributed by atoms with Crippen LogP contribution in [0.15, 0.2) is 30.7 Å². The molecule has 1 aliphatic heterocycles. The van der Waals surface area contributed by atoms with Crippen LogP contribution in [0.4, 0.5) is 0 Å². The zero-order chi connectivity index (χ0) is 14.7. The lowest BCUT2D eigenvalue weighted by Crippen LogP contribution is -2.14. The van der Waals surface area contributed by atoms with Gasteiger partial charge in [0.2, 0.25) is 0 Å². The van der Waals surface area contributed by atoms with E-state index < -0.39 is 0 Å². The van der Waals surface area contributed by atoms with Crippen LogP contribution in [0.5, 0.6) is 11.5 Å². The number of nitrogens with one attached hydrogen (secondary N) is 1. The van der Waals surface area contributed by atoms with Crippen molar-refractivity contribution in [3.8, 4) is 11.5 Å². The zero-order valence-electron chi connectivity index (χ0n) is 12.3. The molecular weight excluding hydrogens is 266 g/mol. The lowest BCUT2D eigenvalue weighted by Gasteiger charge is -2.12. The van der Waals surface area contributed by atoms with Crippen LogP contribution in [0.3, 0.4) is 0 Å². The van der Waals surface area contributed by atoms with Gasteiger partial charge in [0.05, 0.1) is 12.8 Å². The molecule has 1 N–H and O–H groups in total. The highest BCUT2D eigenvalue weighted by atomic mass is 16.5. The Kier molecular flexibility index (Phi) is 4.01. The van der Waals surface area contributed by atoms with Crippen LogP contribution in [0.25, 0.3) is 0 Å². The molecule has 0 fully saturated rings. The quantitative estimate of drug-likeness (QED) is 0.911. The van der Waals surface area contributed by atoms with Gasteiger partial charge in [-0.15, -0.1) is 0 Å². The summed E-state index contributed by atoms with van der Waals surface area (Å²) in [6, 6.07) is 6.06. The van der Waals surface area contributed by atoms with Gasteiger partial charge in [-0.1, -0.05) is 0 Å². The van der Waals surface area contributed by atoms with Gasteiger partial charge in [-0.25, -0.2) is 9.97 Å². The number of rotatable bonds is 5. The fourth-order valence-electron chi connectivity index (χ4n) is 2.56. The molecular formula is C16H19N3O2. The summed E-state index contributed by atoms with van der Waals surface area (Å²) in [4.78, 5) is 8.10. The number of benzene rings is 1. The minimum absolute atomic E-state index is 0.244. The minimum Gasteiger partial charge on any atom is -0.496 e. The second-order valence-electron chi connectivity index (χ2n) is 5.21. The van der Waals surface area contributed by atoms with Gasteiger partial charge in [-0.2, -0.15) is 0 Å². The molecule has 1 aromatic carbocycles. The first kappa shape index (κ1) is 13.8. The van der Waals surface area contributed by atoms with E-state index >= 15 is 0 Å². The molecule has 21 heavy (non-hydrogen) atoms. The Bertz CT molecular complexity index is 616. The molecule has 3 rings (SSSR count). The van der Waals surface area contributed by atoms with E-state index in [4.69, 9.17) is 9.47 Å². The van der Waals surface area contributed by atoms with Crippen LogP contribution in [-0.2, 0) is 19.5 Å². The standard InChI is InChI=1S/C16H19N3O2/c1-11-5-12-6-15(20-2)13(7-16(12)21-11)8-18-9-14-3-4-17-10-19-14/h3-4,6-7,10-11,18H,5,8-9H2,1-2H3. The van der Waals surface area contributed by atoms with Crippen LogP contribution < -0.4 is 14.8 Å². The third kappa shape index (κ3) is 3.13. The van der Waals surface area contributed by atoms with E-state index in [1.54, 1.807) is 19.6 Å². The SMILES string of the molecule is COc1cc2c(cc1CNCc1ccncn1)OC(C)C2. The molecule has 0 aliphatic carbocycles. The van der Waals surface area contributed by atoms with Gasteiger partial charge >= 0.3 is 0 Å². The van der Waals surface area contributed by atoms with Crippen LogP contribution in [0.1, 0.15) is 23.7 Å². The molecule has 5 nitrogen and oxygen atoms in total. The van der Waals surface area contributed by atoms with Gasteiger partial charge in [0, 0.05) is 36.8 Å². The molecule has 2 aromatic rings. The summed E-state index contributed by atoms with van der Waals surface area (Å²) in [5.41, 5.74) is 3.29. The Labute approximate surface area is 124 Å². The Morgan fingerprint density at radius 2 is 2.29 bits per heavy atom. The molecule has 0 bridgehead atoms. The van der Waals surface area contributed by atoms with E-state index in [9.17, 15) is 0 Å². The first-order chi connectivity index (χ1) is 10.3. The molecule has 1 unspecified atom stereocenters. The van der Waals surface area contributed by atoms with E-state index in [0.29, 0.717) is 13.1 Å². The second kappa shape index (κ2) is 6.10. The Morgan fingerprint density at radius 1 is 1.38 bits per heavy atom. The van der Waals surface area contributed by atoms with E-state index in [-0.39, 0.29) is 6.10 Å². The average Bonchev–Trinajstić information content (AvgIpc) is 2.86. The largest absolute Gasteiger partial charge is 0.496 e. The van der Waals surface area contributed by atoms with Crippen molar-refractivity contribution < 1.29 is 9.47 Å². The summed E-state index contributed by atoms with van der Waals surface area (Å²) in [5.74, 6) is 1.88. The predicted molar refractivity (Wildman–Crippen MR) is 79.4 cm³/mol. The molecule has 0 spiro atoms. The summed E-state index contributed by atoms with van der Waals surface area (Å²) < 4.78 is 11.3. The maximum atomic E-state index is 5.81. The van der Waals surface area contributed by atoms with E-state index in [0.717, 1.165) is 29.2 Å². The number of methoxy groups -OCH3 is 1. The highest BCUT2D eigenvalue weighted by Gasteiger charge is 2.21. The van der Waals surface area contributed by atoms with Crippen LogP contribution >= 0.6 is 0 Å². The number of hydrogen-bond donors (Lipinski definition) is 1. The second-order valence-corrected chi connectivity index (χ2v) is 5.21. The molecule has 5 heteroatoms. The number of hydrogen-bond acceptors (Lipinski definition) is 5. The van der Waals surface area contributed by atoms with Gasteiger partial charge in [0.15, 0.2) is 0 Å². The van der Waals surface area contributed by atoms with Gasteiger partial charge in [0.1, 0.15) is 23.9 Å². The lowest BCUT2D eigenvalue weighted by molar-refractivity contribution is 0.254. The first-order valence-electron chi connectivity index (χ1n) is 7.08. The number of fused-ring (bicyclic) bond motifs is 1. The third-order valence-electron chi connectivity index (χ3n) is 3.56. The summed E-state index contributed by atoms with van der Waals surface area (Å²) in [7, 11) is 1.70. The van der Waals surface area contributed by atoms with Crippen molar-refractivity contribution in [1.82, 2.24) is 15.3 Å². The Hall–Kier alpha value is -2.14. The number of aromatic nitrogens is 2. The maximum absolute atomic E-state index is 5.81. The van der Waals surface area contributed by atoms with Crippen LogP contribution in [-0.4, -0.2) is 23.2 Å². The fourth-order valence-corrected chi connectivity index (χ4v) is 2.56. The molecule has 0 saturated heterocycles. The number of ether oxygens (including phenoxy) is 2. The molecule has 110 valence electrons. The van der Waals surface area contributed by atoms with Gasteiger partial charge in [0.25, 0.3) is 0 Å². The van der Waals surface area contributed by atoms with Crippen molar-refractivity contribution in [1.29, 1.82) is 0 Å². The van der Waals surface area contributed by atoms with Crippen molar-refractivity contribution in [2.75, 3.05) is 7.11 Å². The van der Waals surface area contributed by atoms with Crippen molar-refractivity contribution in [3.05, 3.63) is 47.5 Å². The first-order valence-corrected chi connectivity index (χ1v) is 7.08. The highest BCUT2D eigenvalue weighted by Crippen LogP contribution is 2.34. The minimum atomic E-state index is 0.244. The van der Waals surface area contributed by atoms with E-state index in [1.807, 2.05) is 6.07 Å². The van der Waals surface area contributed by atoms with E-state index in [1.165, 1.54) is 5.56 Å². The fraction of sp³-hybridized carbons (Fsp3) is 0.375. The molecule has 0 amide bonds. The van der Waals surface area contributed by atoms with Gasteiger partial charge in [-0.3, -0.25) is 0 Å². The summed E-state index contributed by atoms with van der Waals surface area (Å²) in [6.45, 7) is 3.48. The Balaban J connectivity index is 1.69. The monoisotopic (exact) mass is 285 g/mol. The Morgan fingerprint density at radius 3 is 3.05 bits per heavy atom. The third-order valence-corrected chi connectivity index (χ3v) is 3.56. The molecule has 0 saturated carbocycles. The molecule has 0 radical (unpaired) electrons. The molecule has 1 atom stereocenters. The van der Waals surface area contributed by atoms with Crippen molar-refractivity contribution in [3.63, 3.8) is 0 Å². The smallest absolute Gasteiger partial charge is 0.123 e. The van der Waals surface area contributed by atoms with Gasteiger partial charge in [-0.05, 0) is 25.1 Å². The average molecular weight is 285 g/mol. The topological polar surface area (TPSA) is 56.3 Å². The van der Waals surface area contributed by atoms with Gasteiger partial charge < -0.3 is 14.8 Å². The maximum Gasteiger partial charge on any atom is 0.123 e. The zero-order valence-corrected chi connectivity index (χ0v) is 12.3. The highest BCUT2D eigenvalue weighted by molar-refractivity contribution is 5.48. The van der Waals surface area contributed by atoms with E-state index in [2.05, 4.69) is 34.3 Å². The molecule has 1 aromatic heterocycles. The normalized spacial score (nSPS) is 16.4.